The Bertz CT molecular complexity index is 961. The van der Waals surface area contributed by atoms with Gasteiger partial charge < -0.3 is 24.0 Å². The number of carbonyl (C=O) groups is 2. The van der Waals surface area contributed by atoms with Gasteiger partial charge in [0.25, 0.3) is 0 Å². The second kappa shape index (κ2) is 10.3. The van der Waals surface area contributed by atoms with E-state index in [1.165, 1.54) is 17.5 Å². The summed E-state index contributed by atoms with van der Waals surface area (Å²) in [4.78, 5) is 28.4. The third-order valence-corrected chi connectivity index (χ3v) is 7.38. The average molecular weight is 484 g/mol. The summed E-state index contributed by atoms with van der Waals surface area (Å²) < 4.78 is 43.6. The molecule has 0 spiro atoms. The van der Waals surface area contributed by atoms with E-state index in [0.717, 1.165) is 0 Å². The van der Waals surface area contributed by atoms with E-state index in [4.69, 9.17) is 14.2 Å². The van der Waals surface area contributed by atoms with Crippen molar-refractivity contribution in [1.29, 1.82) is 0 Å². The molecule has 3 rings (SSSR count). The van der Waals surface area contributed by atoms with Gasteiger partial charge in [0.05, 0.1) is 26.7 Å². The maximum absolute atomic E-state index is 13.2. The molecule has 184 valence electrons. The smallest absolute Gasteiger partial charge is 0.410 e. The van der Waals surface area contributed by atoms with E-state index >= 15 is 0 Å². The molecule has 2 aliphatic rings. The van der Waals surface area contributed by atoms with Gasteiger partial charge in [-0.1, -0.05) is 6.07 Å². The zero-order valence-electron chi connectivity index (χ0n) is 19.7. The maximum atomic E-state index is 13.2. The number of nitrogens with zero attached hydrogens (tertiary/aromatic N) is 3. The fourth-order valence-electron chi connectivity index (χ4n) is 3.71. The van der Waals surface area contributed by atoms with Crippen LogP contribution in [-0.2, 0) is 30.7 Å². The Morgan fingerprint density at radius 2 is 1.61 bits per heavy atom. The summed E-state index contributed by atoms with van der Waals surface area (Å²) in [5.74, 6) is 0.113. The summed E-state index contributed by atoms with van der Waals surface area (Å²) in [5, 5.41) is 0. The Hall–Kier alpha value is -2.37. The number of methoxy groups -OCH3 is 1. The van der Waals surface area contributed by atoms with Crippen molar-refractivity contribution in [3.05, 3.63) is 23.8 Å². The van der Waals surface area contributed by atoms with E-state index in [1.54, 1.807) is 21.9 Å². The highest BCUT2D eigenvalue weighted by atomic mass is 32.2. The fourth-order valence-corrected chi connectivity index (χ4v) is 5.32. The molecule has 0 radical (unpaired) electrons. The third kappa shape index (κ3) is 6.36. The molecule has 2 heterocycles. The van der Waals surface area contributed by atoms with Gasteiger partial charge in [-0.15, -0.1) is 0 Å². The first-order valence-electron chi connectivity index (χ1n) is 11.0. The van der Waals surface area contributed by atoms with Crippen LogP contribution in [0.4, 0.5) is 4.79 Å². The molecule has 0 saturated carbocycles. The van der Waals surface area contributed by atoms with Gasteiger partial charge in [0, 0.05) is 39.3 Å². The van der Waals surface area contributed by atoms with Crippen LogP contribution in [-0.4, -0.2) is 99.7 Å². The van der Waals surface area contributed by atoms with E-state index in [1.807, 2.05) is 20.8 Å². The zero-order valence-corrected chi connectivity index (χ0v) is 20.5. The first kappa shape index (κ1) is 25.3. The van der Waals surface area contributed by atoms with Crippen molar-refractivity contribution in [2.75, 3.05) is 59.6 Å². The van der Waals surface area contributed by atoms with Crippen molar-refractivity contribution in [3.8, 4) is 5.75 Å². The van der Waals surface area contributed by atoms with Gasteiger partial charge in [-0.05, 0) is 38.5 Å². The number of benzene rings is 1. The predicted molar refractivity (Wildman–Crippen MR) is 121 cm³/mol. The lowest BCUT2D eigenvalue weighted by Gasteiger charge is -2.35. The van der Waals surface area contributed by atoms with Crippen molar-refractivity contribution in [2.24, 2.45) is 0 Å². The van der Waals surface area contributed by atoms with Gasteiger partial charge in [0.1, 0.15) is 16.2 Å². The van der Waals surface area contributed by atoms with Crippen LogP contribution in [0.2, 0.25) is 0 Å². The van der Waals surface area contributed by atoms with Crippen LogP contribution in [0.3, 0.4) is 0 Å². The van der Waals surface area contributed by atoms with Crippen molar-refractivity contribution >= 4 is 22.0 Å². The molecule has 1 aromatic rings. The SMILES string of the molecule is COc1ccc(CC(=O)N2CCN(C(=O)OC(C)(C)C)CC2)cc1S(=O)(=O)N1CCOCC1. The normalized spacial score (nSPS) is 18.2. The van der Waals surface area contributed by atoms with E-state index in [-0.39, 0.29) is 42.2 Å². The number of sulfonamides is 1. The molecule has 0 atom stereocenters. The van der Waals surface area contributed by atoms with Crippen LogP contribution in [0.5, 0.6) is 5.75 Å². The molecule has 10 nitrogen and oxygen atoms in total. The molecule has 2 saturated heterocycles. The van der Waals surface area contributed by atoms with Gasteiger partial charge in [0.15, 0.2) is 0 Å². The number of piperazine rings is 1. The molecule has 33 heavy (non-hydrogen) atoms. The molecule has 2 fully saturated rings. The van der Waals surface area contributed by atoms with Crippen molar-refractivity contribution in [2.45, 2.75) is 37.7 Å². The second-order valence-electron chi connectivity index (χ2n) is 9.03. The van der Waals surface area contributed by atoms with Gasteiger partial charge in [-0.25, -0.2) is 13.2 Å². The van der Waals surface area contributed by atoms with Crippen molar-refractivity contribution in [3.63, 3.8) is 0 Å². The number of ether oxygens (including phenoxy) is 3. The summed E-state index contributed by atoms with van der Waals surface area (Å²) in [6, 6.07) is 4.79. The summed E-state index contributed by atoms with van der Waals surface area (Å²) >= 11 is 0. The largest absolute Gasteiger partial charge is 0.495 e. The Labute approximate surface area is 195 Å². The Balaban J connectivity index is 1.66. The topological polar surface area (TPSA) is 106 Å². The van der Waals surface area contributed by atoms with Crippen LogP contribution < -0.4 is 4.74 Å². The number of rotatable bonds is 5. The third-order valence-electron chi connectivity index (χ3n) is 5.46. The predicted octanol–water partition coefficient (Wildman–Crippen LogP) is 1.34. The molecular formula is C22H33N3O7S. The van der Waals surface area contributed by atoms with Gasteiger partial charge >= 0.3 is 6.09 Å². The van der Waals surface area contributed by atoms with E-state index in [2.05, 4.69) is 0 Å². The lowest BCUT2D eigenvalue weighted by atomic mass is 10.1. The van der Waals surface area contributed by atoms with Crippen molar-refractivity contribution in [1.82, 2.24) is 14.1 Å². The molecule has 0 unspecified atom stereocenters. The number of hydrogen-bond acceptors (Lipinski definition) is 7. The molecule has 1 aromatic carbocycles. The molecule has 11 heteroatoms. The van der Waals surface area contributed by atoms with E-state index in [0.29, 0.717) is 45.0 Å². The highest BCUT2D eigenvalue weighted by molar-refractivity contribution is 7.89. The Kier molecular flexibility index (Phi) is 7.86. The van der Waals surface area contributed by atoms with Crippen LogP contribution in [0.25, 0.3) is 0 Å². The quantitative estimate of drug-likeness (QED) is 0.622. The van der Waals surface area contributed by atoms with Gasteiger partial charge in [-0.3, -0.25) is 4.79 Å². The lowest BCUT2D eigenvalue weighted by molar-refractivity contribution is -0.132. The standard InChI is InChI=1S/C22H33N3O7S/c1-22(2,3)32-21(27)24-9-7-23(8-10-24)20(26)16-17-5-6-18(30-4)19(15-17)33(28,29)25-11-13-31-14-12-25/h5-6,15H,7-14,16H2,1-4H3. The van der Waals surface area contributed by atoms with E-state index < -0.39 is 15.6 Å². The first-order valence-corrected chi connectivity index (χ1v) is 12.5. The molecule has 0 bridgehead atoms. The Morgan fingerprint density at radius 1 is 1.00 bits per heavy atom. The molecular weight excluding hydrogens is 450 g/mol. The number of amides is 2. The zero-order chi connectivity index (χ0) is 24.2. The summed E-state index contributed by atoms with van der Waals surface area (Å²) in [6.45, 7) is 8.24. The number of carbonyl (C=O) groups excluding carboxylic acids is 2. The van der Waals surface area contributed by atoms with Crippen LogP contribution in [0, 0.1) is 0 Å². The van der Waals surface area contributed by atoms with Crippen LogP contribution >= 0.6 is 0 Å². The molecule has 2 amide bonds. The first-order chi connectivity index (χ1) is 15.5. The van der Waals surface area contributed by atoms with Crippen molar-refractivity contribution < 1.29 is 32.2 Å². The van der Waals surface area contributed by atoms with Crippen LogP contribution in [0.1, 0.15) is 26.3 Å². The molecule has 0 aliphatic carbocycles. The monoisotopic (exact) mass is 483 g/mol. The van der Waals surface area contributed by atoms with Gasteiger partial charge in [-0.2, -0.15) is 4.31 Å². The fraction of sp³-hybridized carbons (Fsp3) is 0.636. The summed E-state index contributed by atoms with van der Waals surface area (Å²) in [5.41, 5.74) is 0.0136. The minimum absolute atomic E-state index is 0.0481. The highest BCUT2D eigenvalue weighted by Crippen LogP contribution is 2.29. The summed E-state index contributed by atoms with van der Waals surface area (Å²) in [6.07, 6.45) is -0.329. The highest BCUT2D eigenvalue weighted by Gasteiger charge is 2.31. The van der Waals surface area contributed by atoms with Gasteiger partial charge in [0.2, 0.25) is 15.9 Å². The van der Waals surface area contributed by atoms with Crippen LogP contribution in [0.15, 0.2) is 23.1 Å². The Morgan fingerprint density at radius 3 is 2.18 bits per heavy atom. The lowest BCUT2D eigenvalue weighted by Crippen LogP contribution is -2.52. The summed E-state index contributed by atoms with van der Waals surface area (Å²) in [7, 11) is -2.36. The number of morpholine rings is 1. The average Bonchev–Trinajstić information content (AvgIpc) is 2.78. The molecule has 2 aliphatic heterocycles. The minimum atomic E-state index is -3.77. The molecule has 0 aromatic heterocycles. The minimum Gasteiger partial charge on any atom is -0.495 e. The van der Waals surface area contributed by atoms with E-state index in [9.17, 15) is 18.0 Å². The second-order valence-corrected chi connectivity index (χ2v) is 10.9. The maximum Gasteiger partial charge on any atom is 0.410 e. The molecule has 0 N–H and O–H groups in total. The number of hydrogen-bond donors (Lipinski definition) is 0.